The van der Waals surface area contributed by atoms with Crippen LogP contribution in [0.1, 0.15) is 19.4 Å². The summed E-state index contributed by atoms with van der Waals surface area (Å²) in [6.07, 6.45) is 0.337. The Morgan fingerprint density at radius 3 is 2.58 bits per heavy atom. The molecule has 31 heavy (non-hydrogen) atoms. The highest BCUT2D eigenvalue weighted by Gasteiger charge is 2.25. The Bertz CT molecular complexity index is 1010. The number of rotatable bonds is 9. The Morgan fingerprint density at radius 1 is 1.16 bits per heavy atom. The Balaban J connectivity index is 1.75. The standard InChI is InChI=1S/C21H23ClN6O3/c1-3-31-20(30)13(2)23-18(19(29)24-21-25-27-28-26-21)11-14-7-9-15(10-8-14)16-5-4-6-17(22)12-16/h4-10,12-13,18,23H,3,11H2,1-2H3,(H2,24,25,26,27,28,29)/t13?,18-/m0/s1. The average Bonchev–Trinajstić information content (AvgIpc) is 3.27. The first-order valence-electron chi connectivity index (χ1n) is 9.78. The smallest absolute Gasteiger partial charge is 0.322 e. The molecule has 0 aliphatic carbocycles. The zero-order chi connectivity index (χ0) is 22.2. The van der Waals surface area contributed by atoms with Gasteiger partial charge in [0.2, 0.25) is 5.91 Å². The fraction of sp³-hybridized carbons (Fsp3) is 0.286. The predicted molar refractivity (Wildman–Crippen MR) is 116 cm³/mol. The maximum Gasteiger partial charge on any atom is 0.322 e. The van der Waals surface area contributed by atoms with Gasteiger partial charge in [-0.1, -0.05) is 53.1 Å². The maximum absolute atomic E-state index is 12.8. The zero-order valence-electron chi connectivity index (χ0n) is 17.1. The number of carbonyl (C=O) groups is 2. The van der Waals surface area contributed by atoms with E-state index < -0.39 is 24.0 Å². The van der Waals surface area contributed by atoms with Gasteiger partial charge in [0, 0.05) is 5.02 Å². The third-order valence-corrected chi connectivity index (χ3v) is 4.77. The Morgan fingerprint density at radius 2 is 1.94 bits per heavy atom. The summed E-state index contributed by atoms with van der Waals surface area (Å²) in [5.41, 5.74) is 2.91. The molecule has 1 amide bonds. The molecule has 0 aliphatic heterocycles. The lowest BCUT2D eigenvalue weighted by Crippen LogP contribution is -2.49. The number of carbonyl (C=O) groups excluding carboxylic acids is 2. The van der Waals surface area contributed by atoms with Crippen LogP contribution in [0.5, 0.6) is 0 Å². The van der Waals surface area contributed by atoms with Crippen LogP contribution in [-0.4, -0.2) is 51.2 Å². The minimum Gasteiger partial charge on any atom is -0.465 e. The molecule has 0 spiro atoms. The number of esters is 1. The summed E-state index contributed by atoms with van der Waals surface area (Å²) in [4.78, 5) is 24.8. The van der Waals surface area contributed by atoms with Crippen LogP contribution in [0.4, 0.5) is 5.95 Å². The second kappa shape index (κ2) is 10.6. The van der Waals surface area contributed by atoms with Crippen molar-refractivity contribution in [3.63, 3.8) is 0 Å². The number of aromatic amines is 1. The monoisotopic (exact) mass is 442 g/mol. The zero-order valence-corrected chi connectivity index (χ0v) is 17.9. The number of tetrazole rings is 1. The van der Waals surface area contributed by atoms with E-state index in [9.17, 15) is 9.59 Å². The molecule has 1 heterocycles. The van der Waals surface area contributed by atoms with Crippen molar-refractivity contribution in [1.29, 1.82) is 0 Å². The van der Waals surface area contributed by atoms with Crippen LogP contribution in [0.15, 0.2) is 48.5 Å². The number of H-pyrrole nitrogens is 1. The van der Waals surface area contributed by atoms with Gasteiger partial charge in [-0.3, -0.25) is 20.2 Å². The Hall–Kier alpha value is -3.30. The predicted octanol–water partition coefficient (Wildman–Crippen LogP) is 2.61. The highest BCUT2D eigenvalue weighted by atomic mass is 35.5. The second-order valence-corrected chi connectivity index (χ2v) is 7.27. The van der Waals surface area contributed by atoms with Gasteiger partial charge in [-0.25, -0.2) is 0 Å². The number of benzene rings is 2. The third kappa shape index (κ3) is 6.34. The summed E-state index contributed by atoms with van der Waals surface area (Å²) >= 11 is 6.08. The van der Waals surface area contributed by atoms with Crippen molar-refractivity contribution in [1.82, 2.24) is 25.9 Å². The van der Waals surface area contributed by atoms with Crippen molar-refractivity contribution in [2.24, 2.45) is 0 Å². The minimum atomic E-state index is -0.727. The topological polar surface area (TPSA) is 122 Å². The molecule has 3 aromatic rings. The van der Waals surface area contributed by atoms with Crippen molar-refractivity contribution in [3.05, 3.63) is 59.1 Å². The van der Waals surface area contributed by atoms with E-state index in [2.05, 4.69) is 31.3 Å². The van der Waals surface area contributed by atoms with Gasteiger partial charge in [0.1, 0.15) is 6.04 Å². The number of amides is 1. The van der Waals surface area contributed by atoms with Crippen LogP contribution in [0.3, 0.4) is 0 Å². The van der Waals surface area contributed by atoms with E-state index >= 15 is 0 Å². The van der Waals surface area contributed by atoms with Crippen molar-refractivity contribution >= 4 is 29.4 Å². The molecule has 1 aromatic heterocycles. The van der Waals surface area contributed by atoms with E-state index in [1.165, 1.54) is 0 Å². The van der Waals surface area contributed by atoms with Gasteiger partial charge in [-0.05, 0) is 54.3 Å². The molecule has 3 N–H and O–H groups in total. The number of aromatic nitrogens is 4. The van der Waals surface area contributed by atoms with Gasteiger partial charge < -0.3 is 4.74 Å². The Kier molecular flexibility index (Phi) is 7.69. The summed E-state index contributed by atoms with van der Waals surface area (Å²) in [5.74, 6) is -0.774. The molecular formula is C21H23ClN6O3. The van der Waals surface area contributed by atoms with Gasteiger partial charge in [0.25, 0.3) is 5.95 Å². The van der Waals surface area contributed by atoms with Crippen LogP contribution in [-0.2, 0) is 20.7 Å². The van der Waals surface area contributed by atoms with Gasteiger partial charge in [-0.2, -0.15) is 5.21 Å². The highest BCUT2D eigenvalue weighted by molar-refractivity contribution is 6.30. The molecule has 0 aliphatic rings. The molecule has 162 valence electrons. The molecule has 0 radical (unpaired) electrons. The first-order chi connectivity index (χ1) is 15.0. The minimum absolute atomic E-state index is 0.0527. The maximum atomic E-state index is 12.8. The first-order valence-corrected chi connectivity index (χ1v) is 10.2. The number of nitrogens with one attached hydrogen (secondary N) is 3. The van der Waals surface area contributed by atoms with Gasteiger partial charge in [0.15, 0.2) is 0 Å². The van der Waals surface area contributed by atoms with Gasteiger partial charge in [-0.15, -0.1) is 5.10 Å². The molecule has 3 rings (SSSR count). The fourth-order valence-electron chi connectivity index (χ4n) is 3.01. The molecule has 10 heteroatoms. The SMILES string of the molecule is CCOC(=O)C(C)N[C@@H](Cc1ccc(-c2cccc(Cl)c2)cc1)C(=O)Nc1nn[nH]n1. The van der Waals surface area contributed by atoms with E-state index in [0.29, 0.717) is 11.4 Å². The number of ether oxygens (including phenoxy) is 1. The van der Waals surface area contributed by atoms with E-state index in [1.54, 1.807) is 13.8 Å². The quantitative estimate of drug-likeness (QED) is 0.435. The summed E-state index contributed by atoms with van der Waals surface area (Å²) in [6, 6.07) is 14.0. The molecule has 2 aromatic carbocycles. The molecule has 0 saturated heterocycles. The molecule has 2 atom stereocenters. The fourth-order valence-corrected chi connectivity index (χ4v) is 3.20. The van der Waals surface area contributed by atoms with Crippen LogP contribution in [0.25, 0.3) is 11.1 Å². The average molecular weight is 443 g/mol. The van der Waals surface area contributed by atoms with Crippen molar-refractivity contribution in [2.45, 2.75) is 32.4 Å². The molecule has 0 saturated carbocycles. The van der Waals surface area contributed by atoms with Crippen LogP contribution < -0.4 is 10.6 Å². The molecular weight excluding hydrogens is 420 g/mol. The van der Waals surface area contributed by atoms with E-state index in [1.807, 2.05) is 48.5 Å². The number of nitrogens with zero attached hydrogens (tertiary/aromatic N) is 3. The van der Waals surface area contributed by atoms with Crippen molar-refractivity contribution in [2.75, 3.05) is 11.9 Å². The highest BCUT2D eigenvalue weighted by Crippen LogP contribution is 2.23. The summed E-state index contributed by atoms with van der Waals surface area (Å²) in [7, 11) is 0. The van der Waals surface area contributed by atoms with Crippen LogP contribution >= 0.6 is 11.6 Å². The van der Waals surface area contributed by atoms with Gasteiger partial charge in [0.05, 0.1) is 12.6 Å². The largest absolute Gasteiger partial charge is 0.465 e. The summed E-state index contributed by atoms with van der Waals surface area (Å²) in [5, 5.41) is 19.4. The normalized spacial score (nSPS) is 12.7. The number of anilines is 1. The summed E-state index contributed by atoms with van der Waals surface area (Å²) < 4.78 is 5.03. The molecule has 1 unspecified atom stereocenters. The first kappa shape index (κ1) is 22.4. The third-order valence-electron chi connectivity index (χ3n) is 4.54. The number of hydrogen-bond acceptors (Lipinski definition) is 7. The van der Waals surface area contributed by atoms with E-state index in [0.717, 1.165) is 16.7 Å². The van der Waals surface area contributed by atoms with Crippen molar-refractivity contribution in [3.8, 4) is 11.1 Å². The lowest BCUT2D eigenvalue weighted by Gasteiger charge is -2.21. The summed E-state index contributed by atoms with van der Waals surface area (Å²) in [6.45, 7) is 3.64. The number of hydrogen-bond donors (Lipinski definition) is 3. The lowest BCUT2D eigenvalue weighted by molar-refractivity contribution is -0.145. The second-order valence-electron chi connectivity index (χ2n) is 6.83. The number of halogens is 1. The van der Waals surface area contributed by atoms with E-state index in [4.69, 9.17) is 16.3 Å². The lowest BCUT2D eigenvalue weighted by atomic mass is 10.00. The van der Waals surface area contributed by atoms with E-state index in [-0.39, 0.29) is 12.6 Å². The van der Waals surface area contributed by atoms with Crippen LogP contribution in [0, 0.1) is 0 Å². The molecule has 9 nitrogen and oxygen atoms in total. The van der Waals surface area contributed by atoms with Crippen molar-refractivity contribution < 1.29 is 14.3 Å². The van der Waals surface area contributed by atoms with Crippen LogP contribution in [0.2, 0.25) is 5.02 Å². The molecule has 0 fully saturated rings. The van der Waals surface area contributed by atoms with Gasteiger partial charge >= 0.3 is 5.97 Å². The molecule has 0 bridgehead atoms. The Labute approximate surface area is 184 Å².